The van der Waals surface area contributed by atoms with E-state index in [9.17, 15) is 13.6 Å². The van der Waals surface area contributed by atoms with Gasteiger partial charge in [-0.3, -0.25) is 10.1 Å². The first-order valence-corrected chi connectivity index (χ1v) is 8.01. The Morgan fingerprint density at radius 2 is 2.04 bits per heavy atom. The van der Waals surface area contributed by atoms with Crippen LogP contribution in [0.5, 0.6) is 0 Å². The van der Waals surface area contributed by atoms with E-state index in [0.29, 0.717) is 19.7 Å². The second-order valence-electron chi connectivity index (χ2n) is 5.69. The molecule has 2 unspecified atom stereocenters. The first kappa shape index (κ1) is 18.6. The topological polar surface area (TPSA) is 41.6 Å². The van der Waals surface area contributed by atoms with Crippen molar-refractivity contribution >= 4 is 34.2 Å². The average Bonchev–Trinajstić information content (AvgIpc) is 2.87. The van der Waals surface area contributed by atoms with Crippen LogP contribution in [0.3, 0.4) is 0 Å². The van der Waals surface area contributed by atoms with Crippen molar-refractivity contribution in [1.29, 1.82) is 0 Å². The van der Waals surface area contributed by atoms with Crippen LogP contribution in [-0.4, -0.2) is 49.0 Å². The summed E-state index contributed by atoms with van der Waals surface area (Å²) in [6, 6.07) is 6.91. The number of benzene rings is 1. The van der Waals surface area contributed by atoms with E-state index in [0.717, 1.165) is 10.0 Å². The Morgan fingerprint density at radius 3 is 2.65 bits per heavy atom. The van der Waals surface area contributed by atoms with Crippen molar-refractivity contribution in [3.05, 3.63) is 34.3 Å². The third kappa shape index (κ3) is 4.41. The van der Waals surface area contributed by atoms with E-state index in [1.165, 1.54) is 0 Å². The van der Waals surface area contributed by atoms with Gasteiger partial charge in [-0.2, -0.15) is 0 Å². The molecule has 23 heavy (non-hydrogen) atoms. The van der Waals surface area contributed by atoms with Crippen LogP contribution in [0, 0.1) is 0 Å². The predicted molar refractivity (Wildman–Crippen MR) is 88.0 cm³/mol. The molecule has 1 N–H and O–H groups in total. The molecule has 0 saturated carbocycles. The zero-order chi connectivity index (χ0) is 15.7. The highest BCUT2D eigenvalue weighted by Crippen LogP contribution is 2.28. The van der Waals surface area contributed by atoms with Gasteiger partial charge >= 0.3 is 0 Å². The summed E-state index contributed by atoms with van der Waals surface area (Å²) < 4.78 is 33.2. The molecule has 0 aliphatic carbocycles. The van der Waals surface area contributed by atoms with E-state index in [-0.39, 0.29) is 24.4 Å². The number of ether oxygens (including phenoxy) is 1. The van der Waals surface area contributed by atoms with Crippen molar-refractivity contribution < 1.29 is 18.3 Å². The maximum atomic E-state index is 13.2. The van der Waals surface area contributed by atoms with Gasteiger partial charge in [0.1, 0.15) is 6.10 Å². The van der Waals surface area contributed by atoms with Crippen LogP contribution < -0.4 is 5.32 Å². The molecular weight excluding hydrogens is 394 g/mol. The molecule has 0 bridgehead atoms. The van der Waals surface area contributed by atoms with Crippen LogP contribution >= 0.6 is 28.3 Å². The molecule has 3 rings (SSSR count). The van der Waals surface area contributed by atoms with Crippen LogP contribution in [0.4, 0.5) is 8.78 Å². The number of morpholine rings is 1. The lowest BCUT2D eigenvalue weighted by Gasteiger charge is -2.34. The Balaban J connectivity index is 0.00000192. The number of rotatable bonds is 2. The van der Waals surface area contributed by atoms with Gasteiger partial charge in [-0.05, 0) is 17.7 Å². The van der Waals surface area contributed by atoms with Crippen LogP contribution in [0.1, 0.15) is 18.1 Å². The van der Waals surface area contributed by atoms with Gasteiger partial charge in [-0.15, -0.1) is 12.4 Å². The maximum Gasteiger partial charge on any atom is 0.262 e. The highest BCUT2D eigenvalue weighted by atomic mass is 79.9. The maximum absolute atomic E-state index is 13.2. The molecule has 1 amide bonds. The van der Waals surface area contributed by atoms with Gasteiger partial charge in [-0.25, -0.2) is 8.78 Å². The molecule has 0 spiro atoms. The van der Waals surface area contributed by atoms with Crippen molar-refractivity contribution in [2.45, 2.75) is 24.5 Å². The molecule has 2 atom stereocenters. The molecule has 0 radical (unpaired) electrons. The van der Waals surface area contributed by atoms with Crippen molar-refractivity contribution in [3.63, 3.8) is 0 Å². The van der Waals surface area contributed by atoms with Crippen molar-refractivity contribution in [3.8, 4) is 0 Å². The summed E-state index contributed by atoms with van der Waals surface area (Å²) in [6.07, 6.45) is -0.640. The van der Waals surface area contributed by atoms with Crippen molar-refractivity contribution in [2.24, 2.45) is 0 Å². The molecule has 8 heteroatoms. The van der Waals surface area contributed by atoms with E-state index in [1.54, 1.807) is 4.90 Å². The first-order chi connectivity index (χ1) is 10.4. The number of amides is 1. The second-order valence-corrected chi connectivity index (χ2v) is 6.60. The first-order valence-electron chi connectivity index (χ1n) is 7.22. The number of carbonyl (C=O) groups is 1. The minimum absolute atomic E-state index is 0. The van der Waals surface area contributed by atoms with E-state index in [1.807, 2.05) is 24.3 Å². The zero-order valence-corrected chi connectivity index (χ0v) is 14.7. The van der Waals surface area contributed by atoms with Crippen molar-refractivity contribution in [1.82, 2.24) is 10.2 Å². The average molecular weight is 412 g/mol. The van der Waals surface area contributed by atoms with E-state index in [4.69, 9.17) is 4.74 Å². The van der Waals surface area contributed by atoms with Gasteiger partial charge in [-0.1, -0.05) is 28.1 Å². The molecule has 1 aromatic rings. The number of alkyl halides is 2. The van der Waals surface area contributed by atoms with Crippen LogP contribution in [0.2, 0.25) is 0 Å². The number of hydrogen-bond donors (Lipinski definition) is 1. The molecule has 1 aromatic carbocycles. The lowest BCUT2D eigenvalue weighted by molar-refractivity contribution is -0.141. The minimum Gasteiger partial charge on any atom is -0.370 e. The highest BCUT2D eigenvalue weighted by Gasteiger charge is 2.44. The Morgan fingerprint density at radius 1 is 1.35 bits per heavy atom. The number of nitrogens with zero attached hydrogens (tertiary/aromatic N) is 1. The van der Waals surface area contributed by atoms with Crippen LogP contribution in [-0.2, 0) is 9.53 Å². The monoisotopic (exact) mass is 410 g/mol. The third-order valence-corrected chi connectivity index (χ3v) is 4.56. The standard InChI is InChI=1S/C15H17BrF2N2O2.ClH/c16-11-3-1-10(2-4-11)13-8-20(5-6-22-13)14(21)12-7-15(17,18)9-19-12;/h1-4,12-13,19H,5-9H2;1H. The SMILES string of the molecule is Cl.O=C(C1CC(F)(F)CN1)N1CCOC(c2ccc(Br)cc2)C1. The smallest absolute Gasteiger partial charge is 0.262 e. The zero-order valence-electron chi connectivity index (χ0n) is 12.3. The lowest BCUT2D eigenvalue weighted by Crippen LogP contribution is -2.49. The summed E-state index contributed by atoms with van der Waals surface area (Å²) in [5.74, 6) is -3.06. The summed E-state index contributed by atoms with van der Waals surface area (Å²) in [5.41, 5.74) is 0.977. The highest BCUT2D eigenvalue weighted by molar-refractivity contribution is 9.10. The number of halogens is 4. The van der Waals surface area contributed by atoms with Gasteiger partial charge in [0.25, 0.3) is 5.92 Å². The van der Waals surface area contributed by atoms with E-state index >= 15 is 0 Å². The second kappa shape index (κ2) is 7.42. The molecule has 128 valence electrons. The van der Waals surface area contributed by atoms with E-state index < -0.39 is 24.9 Å². The number of carbonyl (C=O) groups excluding carboxylic acids is 1. The molecule has 2 fully saturated rings. The lowest BCUT2D eigenvalue weighted by atomic mass is 10.1. The summed E-state index contributed by atoms with van der Waals surface area (Å²) in [4.78, 5) is 14.0. The molecule has 2 aliphatic rings. The fourth-order valence-corrected chi connectivity index (χ4v) is 3.10. The fraction of sp³-hybridized carbons (Fsp3) is 0.533. The van der Waals surface area contributed by atoms with Crippen LogP contribution in [0.25, 0.3) is 0 Å². The summed E-state index contributed by atoms with van der Waals surface area (Å²) in [6.45, 7) is 0.819. The van der Waals surface area contributed by atoms with Crippen LogP contribution in [0.15, 0.2) is 28.7 Å². The normalized spacial score (nSPS) is 26.7. The summed E-state index contributed by atoms with van der Waals surface area (Å²) in [7, 11) is 0. The van der Waals surface area contributed by atoms with Gasteiger partial charge in [0.05, 0.1) is 25.7 Å². The number of nitrogens with one attached hydrogen (secondary N) is 1. The van der Waals surface area contributed by atoms with E-state index in [2.05, 4.69) is 21.2 Å². The molecule has 2 saturated heterocycles. The fourth-order valence-electron chi connectivity index (χ4n) is 2.84. The Bertz CT molecular complexity index is 559. The van der Waals surface area contributed by atoms with Gasteiger partial charge < -0.3 is 9.64 Å². The van der Waals surface area contributed by atoms with Gasteiger partial charge in [0.15, 0.2) is 0 Å². The Hall–Kier alpha value is -0.760. The van der Waals surface area contributed by atoms with Gasteiger partial charge in [0, 0.05) is 17.4 Å². The molecular formula is C15H18BrClF2N2O2. The quantitative estimate of drug-likeness (QED) is 0.814. The molecule has 2 heterocycles. The Labute approximate surface area is 148 Å². The third-order valence-electron chi connectivity index (χ3n) is 4.03. The minimum atomic E-state index is -2.79. The molecule has 0 aromatic heterocycles. The van der Waals surface area contributed by atoms with Crippen molar-refractivity contribution in [2.75, 3.05) is 26.2 Å². The predicted octanol–water partition coefficient (Wildman–Crippen LogP) is 2.77. The van der Waals surface area contributed by atoms with Gasteiger partial charge in [0.2, 0.25) is 5.91 Å². The summed E-state index contributed by atoms with van der Waals surface area (Å²) >= 11 is 3.38. The number of hydrogen-bond acceptors (Lipinski definition) is 3. The molecule has 4 nitrogen and oxygen atoms in total. The molecule has 2 aliphatic heterocycles. The largest absolute Gasteiger partial charge is 0.370 e. The Kier molecular flexibility index (Phi) is 5.99. The summed E-state index contributed by atoms with van der Waals surface area (Å²) in [5, 5.41) is 2.62.